The van der Waals surface area contributed by atoms with Gasteiger partial charge in [0.1, 0.15) is 5.65 Å². The van der Waals surface area contributed by atoms with Crippen LogP contribution < -0.4 is 4.90 Å². The van der Waals surface area contributed by atoms with E-state index >= 15 is 0 Å². The van der Waals surface area contributed by atoms with Crippen molar-refractivity contribution in [1.29, 1.82) is 0 Å². The van der Waals surface area contributed by atoms with E-state index in [4.69, 9.17) is 39.8 Å². The fourth-order valence-electron chi connectivity index (χ4n) is 3.95. The fraction of sp³-hybridized carbons (Fsp3) is 0.381. The summed E-state index contributed by atoms with van der Waals surface area (Å²) in [7, 11) is 0. The van der Waals surface area contributed by atoms with E-state index in [0.29, 0.717) is 15.1 Å². The molecule has 142 valence electrons. The maximum Gasteiger partial charge on any atom is 0.147 e. The molecule has 0 N–H and O–H groups in total. The number of anilines is 1. The van der Waals surface area contributed by atoms with Gasteiger partial charge < -0.3 is 4.90 Å². The van der Waals surface area contributed by atoms with Crippen molar-refractivity contribution in [2.75, 3.05) is 18.0 Å². The number of halogens is 3. The molecular weight excluding hydrogens is 401 g/mol. The molecule has 1 aromatic carbocycles. The molecular formula is C21H22Cl3N3. The van der Waals surface area contributed by atoms with E-state index in [-0.39, 0.29) is 0 Å². The highest BCUT2D eigenvalue weighted by Gasteiger charge is 2.22. The van der Waals surface area contributed by atoms with Crippen LogP contribution in [0.25, 0.3) is 16.7 Å². The molecule has 27 heavy (non-hydrogen) atoms. The molecule has 3 aromatic rings. The smallest absolute Gasteiger partial charge is 0.147 e. The molecule has 1 aliphatic heterocycles. The van der Waals surface area contributed by atoms with Crippen molar-refractivity contribution in [2.45, 2.75) is 33.6 Å². The SMILES string of the molecule is Cc1cc(N2CCC(C)CC2)c2c(C)cn(-c3c(Cl)cc(Cl)cc3Cl)c2n1. The average molecular weight is 423 g/mol. The molecule has 3 heterocycles. The second kappa shape index (κ2) is 7.20. The van der Waals surface area contributed by atoms with Gasteiger partial charge in [-0.3, -0.25) is 4.57 Å². The summed E-state index contributed by atoms with van der Waals surface area (Å²) in [5, 5.41) is 2.72. The van der Waals surface area contributed by atoms with E-state index in [2.05, 4.69) is 31.0 Å². The Balaban J connectivity index is 1.93. The Kier molecular flexibility index (Phi) is 5.04. The van der Waals surface area contributed by atoms with Gasteiger partial charge in [0.25, 0.3) is 0 Å². The van der Waals surface area contributed by atoms with E-state index in [1.54, 1.807) is 12.1 Å². The predicted octanol–water partition coefficient (Wildman–Crippen LogP) is 6.84. The fourth-order valence-corrected chi connectivity index (χ4v) is 4.94. The minimum atomic E-state index is 0.515. The summed E-state index contributed by atoms with van der Waals surface area (Å²) in [6.07, 6.45) is 4.50. The second-order valence-corrected chi connectivity index (χ2v) is 8.80. The molecule has 1 fully saturated rings. The lowest BCUT2D eigenvalue weighted by molar-refractivity contribution is 0.439. The van der Waals surface area contributed by atoms with Gasteiger partial charge in [-0.2, -0.15) is 0 Å². The number of fused-ring (bicyclic) bond motifs is 1. The minimum absolute atomic E-state index is 0.515. The summed E-state index contributed by atoms with van der Waals surface area (Å²) in [5.74, 6) is 0.789. The molecule has 0 aliphatic carbocycles. The van der Waals surface area contributed by atoms with Gasteiger partial charge in [0, 0.05) is 41.1 Å². The first-order valence-electron chi connectivity index (χ1n) is 9.24. The Hall–Kier alpha value is -1.42. The van der Waals surface area contributed by atoms with E-state index in [1.165, 1.54) is 18.5 Å². The van der Waals surface area contributed by atoms with Crippen LogP contribution in [0.5, 0.6) is 0 Å². The highest BCUT2D eigenvalue weighted by Crippen LogP contribution is 2.38. The second-order valence-electron chi connectivity index (χ2n) is 7.55. The lowest BCUT2D eigenvalue weighted by atomic mass is 9.98. The predicted molar refractivity (Wildman–Crippen MR) is 116 cm³/mol. The maximum atomic E-state index is 6.50. The minimum Gasteiger partial charge on any atom is -0.371 e. The lowest BCUT2D eigenvalue weighted by Gasteiger charge is -2.33. The number of piperidine rings is 1. The molecule has 3 nitrogen and oxygen atoms in total. The molecule has 6 heteroatoms. The Morgan fingerprint density at radius 2 is 1.63 bits per heavy atom. The van der Waals surface area contributed by atoms with E-state index in [1.807, 2.05) is 11.5 Å². The maximum absolute atomic E-state index is 6.50. The van der Waals surface area contributed by atoms with Gasteiger partial charge in [-0.15, -0.1) is 0 Å². The van der Waals surface area contributed by atoms with Crippen molar-refractivity contribution in [1.82, 2.24) is 9.55 Å². The van der Waals surface area contributed by atoms with Crippen LogP contribution >= 0.6 is 34.8 Å². The van der Waals surface area contributed by atoms with Crippen molar-refractivity contribution in [3.8, 4) is 5.69 Å². The first-order chi connectivity index (χ1) is 12.8. The van der Waals surface area contributed by atoms with Gasteiger partial charge in [0.2, 0.25) is 0 Å². The number of rotatable bonds is 2. The number of hydrogen-bond acceptors (Lipinski definition) is 2. The third-order valence-electron chi connectivity index (χ3n) is 5.40. The first kappa shape index (κ1) is 18.9. The third-order valence-corrected chi connectivity index (χ3v) is 6.19. The molecule has 0 amide bonds. The molecule has 2 aromatic heterocycles. The quantitative estimate of drug-likeness (QED) is 0.451. The molecule has 1 saturated heterocycles. The van der Waals surface area contributed by atoms with E-state index in [0.717, 1.165) is 47.0 Å². The number of pyridine rings is 1. The van der Waals surface area contributed by atoms with Crippen LogP contribution in [0.4, 0.5) is 5.69 Å². The monoisotopic (exact) mass is 421 g/mol. The Morgan fingerprint density at radius 1 is 1.00 bits per heavy atom. The molecule has 0 atom stereocenters. The number of hydrogen-bond donors (Lipinski definition) is 0. The van der Waals surface area contributed by atoms with E-state index < -0.39 is 0 Å². The van der Waals surface area contributed by atoms with Crippen LogP contribution in [0, 0.1) is 19.8 Å². The van der Waals surface area contributed by atoms with Gasteiger partial charge in [0.15, 0.2) is 0 Å². The van der Waals surface area contributed by atoms with Crippen molar-refractivity contribution < 1.29 is 0 Å². The van der Waals surface area contributed by atoms with Gasteiger partial charge in [-0.25, -0.2) is 4.98 Å². The Labute approximate surface area is 174 Å². The van der Waals surface area contributed by atoms with Crippen molar-refractivity contribution in [3.05, 3.63) is 50.7 Å². The molecule has 0 bridgehead atoms. The molecule has 0 unspecified atom stereocenters. The third kappa shape index (κ3) is 3.41. The van der Waals surface area contributed by atoms with Gasteiger partial charge in [0.05, 0.1) is 15.7 Å². The van der Waals surface area contributed by atoms with Crippen LogP contribution in [-0.4, -0.2) is 22.6 Å². The zero-order chi connectivity index (χ0) is 19.3. The summed E-state index contributed by atoms with van der Waals surface area (Å²) < 4.78 is 1.99. The summed E-state index contributed by atoms with van der Waals surface area (Å²) in [6, 6.07) is 5.63. The standard InChI is InChI=1S/C21H22Cl3N3/c1-12-4-6-26(7-5-12)18-8-14(3)25-21-19(18)13(2)11-27(21)20-16(23)9-15(22)10-17(20)24/h8-12H,4-7H2,1-3H3. The molecule has 1 aliphatic rings. The number of benzene rings is 1. The van der Waals surface area contributed by atoms with Crippen LogP contribution in [0.3, 0.4) is 0 Å². The van der Waals surface area contributed by atoms with Crippen molar-refractivity contribution in [2.24, 2.45) is 5.92 Å². The Bertz CT molecular complexity index is 994. The summed E-state index contributed by atoms with van der Waals surface area (Å²) >= 11 is 19.1. The van der Waals surface area contributed by atoms with Crippen LogP contribution in [0.15, 0.2) is 24.4 Å². The first-order valence-corrected chi connectivity index (χ1v) is 10.4. The molecule has 0 saturated carbocycles. The van der Waals surface area contributed by atoms with Gasteiger partial charge in [-0.05, 0) is 56.4 Å². The van der Waals surface area contributed by atoms with E-state index in [9.17, 15) is 0 Å². The lowest BCUT2D eigenvalue weighted by Crippen LogP contribution is -2.33. The summed E-state index contributed by atoms with van der Waals surface area (Å²) in [5.41, 5.74) is 5.00. The number of aromatic nitrogens is 2. The normalized spacial score (nSPS) is 15.7. The van der Waals surface area contributed by atoms with Crippen LogP contribution in [-0.2, 0) is 0 Å². The Morgan fingerprint density at radius 3 is 2.26 bits per heavy atom. The summed E-state index contributed by atoms with van der Waals surface area (Å²) in [4.78, 5) is 7.32. The van der Waals surface area contributed by atoms with Gasteiger partial charge >= 0.3 is 0 Å². The van der Waals surface area contributed by atoms with Crippen LogP contribution in [0.1, 0.15) is 31.0 Å². The molecule has 0 radical (unpaired) electrons. The molecule has 0 spiro atoms. The van der Waals surface area contributed by atoms with Crippen molar-refractivity contribution >= 4 is 51.5 Å². The topological polar surface area (TPSA) is 21.1 Å². The highest BCUT2D eigenvalue weighted by atomic mass is 35.5. The zero-order valence-electron chi connectivity index (χ0n) is 15.7. The average Bonchev–Trinajstić information content (AvgIpc) is 2.90. The zero-order valence-corrected chi connectivity index (χ0v) is 18.0. The summed E-state index contributed by atoms with van der Waals surface area (Å²) in [6.45, 7) is 8.63. The van der Waals surface area contributed by atoms with Crippen LogP contribution in [0.2, 0.25) is 15.1 Å². The number of aryl methyl sites for hydroxylation is 2. The molecule has 4 rings (SSSR count). The highest BCUT2D eigenvalue weighted by molar-refractivity contribution is 6.40. The van der Waals surface area contributed by atoms with Gasteiger partial charge in [-0.1, -0.05) is 41.7 Å². The van der Waals surface area contributed by atoms with Crippen molar-refractivity contribution in [3.63, 3.8) is 0 Å². The number of nitrogens with zero attached hydrogens (tertiary/aromatic N) is 3. The largest absolute Gasteiger partial charge is 0.371 e.